The predicted octanol–water partition coefficient (Wildman–Crippen LogP) is 2.37. The van der Waals surface area contributed by atoms with Gasteiger partial charge in [0.25, 0.3) is 0 Å². The van der Waals surface area contributed by atoms with E-state index in [1.165, 1.54) is 38.5 Å². The van der Waals surface area contributed by atoms with Gasteiger partial charge in [-0.15, -0.1) is 0 Å². The van der Waals surface area contributed by atoms with E-state index in [-0.39, 0.29) is 6.03 Å². The summed E-state index contributed by atoms with van der Waals surface area (Å²) in [5, 5.41) is 3.14. The van der Waals surface area contributed by atoms with Crippen LogP contribution in [0.25, 0.3) is 0 Å². The van der Waals surface area contributed by atoms with E-state index in [4.69, 9.17) is 0 Å². The quantitative estimate of drug-likeness (QED) is 0.745. The maximum absolute atomic E-state index is 11.9. The molecule has 2 fully saturated rings. The van der Waals surface area contributed by atoms with Crippen LogP contribution in [0.3, 0.4) is 0 Å². The third-order valence-electron chi connectivity index (χ3n) is 3.65. The first-order valence-electron chi connectivity index (χ1n) is 6.36. The van der Waals surface area contributed by atoms with Crippen molar-refractivity contribution in [2.45, 2.75) is 51.5 Å². The molecule has 0 aromatic carbocycles. The molecule has 1 saturated heterocycles. The minimum atomic E-state index is 0.179. The van der Waals surface area contributed by atoms with Gasteiger partial charge in [-0.05, 0) is 25.2 Å². The summed E-state index contributed by atoms with van der Waals surface area (Å²) in [5.74, 6) is 0.751. The van der Waals surface area contributed by atoms with Gasteiger partial charge in [-0.25, -0.2) is 4.79 Å². The summed E-state index contributed by atoms with van der Waals surface area (Å²) in [7, 11) is 0. The highest BCUT2D eigenvalue weighted by molar-refractivity contribution is 5.75. The van der Waals surface area contributed by atoms with Gasteiger partial charge < -0.3 is 10.2 Å². The van der Waals surface area contributed by atoms with E-state index in [0.29, 0.717) is 6.04 Å². The molecule has 0 aromatic heterocycles. The van der Waals surface area contributed by atoms with Crippen LogP contribution in [-0.4, -0.2) is 30.1 Å². The Morgan fingerprint density at radius 3 is 2.47 bits per heavy atom. The van der Waals surface area contributed by atoms with Gasteiger partial charge in [0.15, 0.2) is 0 Å². The summed E-state index contributed by atoms with van der Waals surface area (Å²) in [6.07, 6.45) is 7.31. The summed E-state index contributed by atoms with van der Waals surface area (Å²) < 4.78 is 0. The Kier molecular flexibility index (Phi) is 3.49. The second-order valence-corrected chi connectivity index (χ2v) is 4.86. The van der Waals surface area contributed by atoms with Crippen LogP contribution < -0.4 is 5.32 Å². The highest BCUT2D eigenvalue weighted by Gasteiger charge is 2.37. The molecule has 1 N–H and O–H groups in total. The Morgan fingerprint density at radius 2 is 1.93 bits per heavy atom. The van der Waals surface area contributed by atoms with E-state index < -0.39 is 0 Å². The molecular formula is C12H22N2O. The molecule has 3 nitrogen and oxygen atoms in total. The van der Waals surface area contributed by atoms with Gasteiger partial charge in [-0.2, -0.15) is 0 Å². The zero-order valence-corrected chi connectivity index (χ0v) is 9.67. The molecule has 1 heterocycles. The number of carbonyl (C=O) groups excluding carboxylic acids is 1. The van der Waals surface area contributed by atoms with Crippen molar-refractivity contribution in [3.05, 3.63) is 0 Å². The molecular weight excluding hydrogens is 188 g/mol. The fourth-order valence-corrected chi connectivity index (χ4v) is 2.40. The molecule has 3 heteroatoms. The number of urea groups is 1. The van der Waals surface area contributed by atoms with Gasteiger partial charge in [-0.3, -0.25) is 0 Å². The molecule has 0 spiro atoms. The van der Waals surface area contributed by atoms with Gasteiger partial charge in [0.1, 0.15) is 0 Å². The molecule has 2 aliphatic rings. The van der Waals surface area contributed by atoms with Crippen LogP contribution in [-0.2, 0) is 0 Å². The Bertz CT molecular complexity index is 222. The molecule has 15 heavy (non-hydrogen) atoms. The Hall–Kier alpha value is -0.730. The van der Waals surface area contributed by atoms with Gasteiger partial charge in [0.05, 0.1) is 0 Å². The van der Waals surface area contributed by atoms with Crippen molar-refractivity contribution in [1.29, 1.82) is 0 Å². The lowest BCUT2D eigenvalue weighted by Crippen LogP contribution is -2.41. The number of rotatable bonds is 2. The molecule has 2 amide bonds. The molecule has 0 bridgehead atoms. The minimum absolute atomic E-state index is 0.179. The van der Waals surface area contributed by atoms with Crippen molar-refractivity contribution >= 4 is 6.03 Å². The molecule has 0 aromatic rings. The summed E-state index contributed by atoms with van der Waals surface area (Å²) in [5.41, 5.74) is 0. The maximum Gasteiger partial charge on any atom is 0.317 e. The number of nitrogens with one attached hydrogen (secondary N) is 1. The second-order valence-electron chi connectivity index (χ2n) is 4.86. The molecule has 1 aliphatic carbocycles. The molecule has 86 valence electrons. The Labute approximate surface area is 92.2 Å². The van der Waals surface area contributed by atoms with Crippen LogP contribution >= 0.6 is 0 Å². The highest BCUT2D eigenvalue weighted by atomic mass is 16.2. The summed E-state index contributed by atoms with van der Waals surface area (Å²) in [6.45, 7) is 4.10. The van der Waals surface area contributed by atoms with E-state index in [0.717, 1.165) is 19.0 Å². The average Bonchev–Trinajstić information content (AvgIpc) is 2.99. The van der Waals surface area contributed by atoms with Gasteiger partial charge >= 0.3 is 6.03 Å². The predicted molar refractivity (Wildman–Crippen MR) is 60.8 cm³/mol. The SMILES string of the molecule is CCC1CC1NC(=O)N1CCCCCC1. The van der Waals surface area contributed by atoms with E-state index in [1.54, 1.807) is 0 Å². The topological polar surface area (TPSA) is 32.3 Å². The zero-order valence-electron chi connectivity index (χ0n) is 9.67. The number of nitrogens with zero attached hydrogens (tertiary/aromatic N) is 1. The van der Waals surface area contributed by atoms with Gasteiger partial charge in [0.2, 0.25) is 0 Å². The normalized spacial score (nSPS) is 30.9. The average molecular weight is 210 g/mol. The molecule has 1 saturated carbocycles. The van der Waals surface area contributed by atoms with Crippen molar-refractivity contribution in [3.8, 4) is 0 Å². The zero-order chi connectivity index (χ0) is 10.7. The van der Waals surface area contributed by atoms with Crippen molar-refractivity contribution in [3.63, 3.8) is 0 Å². The lowest BCUT2D eigenvalue weighted by molar-refractivity contribution is 0.199. The smallest absolute Gasteiger partial charge is 0.317 e. The number of amides is 2. The van der Waals surface area contributed by atoms with Crippen LogP contribution in [0, 0.1) is 5.92 Å². The summed E-state index contributed by atoms with van der Waals surface area (Å²) in [6, 6.07) is 0.656. The van der Waals surface area contributed by atoms with Gasteiger partial charge in [0, 0.05) is 19.1 Å². The molecule has 2 unspecified atom stereocenters. The summed E-state index contributed by atoms with van der Waals surface area (Å²) in [4.78, 5) is 13.9. The number of likely N-dealkylation sites (tertiary alicyclic amines) is 1. The largest absolute Gasteiger partial charge is 0.335 e. The van der Waals surface area contributed by atoms with Crippen molar-refractivity contribution < 1.29 is 4.79 Å². The minimum Gasteiger partial charge on any atom is -0.335 e. The highest BCUT2D eigenvalue weighted by Crippen LogP contribution is 2.33. The Balaban J connectivity index is 1.74. The van der Waals surface area contributed by atoms with Crippen molar-refractivity contribution in [2.75, 3.05) is 13.1 Å². The van der Waals surface area contributed by atoms with Crippen LogP contribution in [0.5, 0.6) is 0 Å². The molecule has 2 atom stereocenters. The van der Waals surface area contributed by atoms with E-state index >= 15 is 0 Å². The Morgan fingerprint density at radius 1 is 1.27 bits per heavy atom. The van der Waals surface area contributed by atoms with E-state index in [9.17, 15) is 4.79 Å². The van der Waals surface area contributed by atoms with Crippen molar-refractivity contribution in [2.24, 2.45) is 5.92 Å². The summed E-state index contributed by atoms with van der Waals surface area (Å²) >= 11 is 0. The second kappa shape index (κ2) is 4.86. The van der Waals surface area contributed by atoms with Gasteiger partial charge in [-0.1, -0.05) is 26.2 Å². The van der Waals surface area contributed by atoms with Crippen LogP contribution in [0.4, 0.5) is 4.79 Å². The fourth-order valence-electron chi connectivity index (χ4n) is 2.40. The third kappa shape index (κ3) is 2.86. The van der Waals surface area contributed by atoms with E-state index in [1.807, 2.05) is 4.90 Å². The first-order chi connectivity index (χ1) is 7.31. The first-order valence-corrected chi connectivity index (χ1v) is 6.36. The monoisotopic (exact) mass is 210 g/mol. The number of hydrogen-bond donors (Lipinski definition) is 1. The van der Waals surface area contributed by atoms with Crippen LogP contribution in [0.15, 0.2) is 0 Å². The lowest BCUT2D eigenvalue weighted by Gasteiger charge is -2.20. The number of carbonyl (C=O) groups is 1. The van der Waals surface area contributed by atoms with Crippen LogP contribution in [0.2, 0.25) is 0 Å². The maximum atomic E-state index is 11.9. The molecule has 0 radical (unpaired) electrons. The molecule has 1 aliphatic heterocycles. The first kappa shape index (κ1) is 10.8. The van der Waals surface area contributed by atoms with Crippen LogP contribution in [0.1, 0.15) is 45.4 Å². The molecule has 2 rings (SSSR count). The van der Waals surface area contributed by atoms with Crippen molar-refractivity contribution in [1.82, 2.24) is 10.2 Å². The fraction of sp³-hybridized carbons (Fsp3) is 0.917. The number of hydrogen-bond acceptors (Lipinski definition) is 1. The standard InChI is InChI=1S/C12H22N2O/c1-2-10-9-11(10)13-12(15)14-7-5-3-4-6-8-14/h10-11H,2-9H2,1H3,(H,13,15). The van der Waals surface area contributed by atoms with E-state index in [2.05, 4.69) is 12.2 Å². The lowest BCUT2D eigenvalue weighted by atomic mass is 10.2. The third-order valence-corrected chi connectivity index (χ3v) is 3.65.